The van der Waals surface area contributed by atoms with Gasteiger partial charge in [-0.15, -0.1) is 0 Å². The van der Waals surface area contributed by atoms with Gasteiger partial charge in [0.1, 0.15) is 35.2 Å². The van der Waals surface area contributed by atoms with Crippen LogP contribution in [-0.2, 0) is 0 Å². The Kier molecular flexibility index (Phi) is 6.66. The summed E-state index contributed by atoms with van der Waals surface area (Å²) in [4.78, 5) is 31.3. The fourth-order valence-electron chi connectivity index (χ4n) is 3.85. The van der Waals surface area contributed by atoms with E-state index in [4.69, 9.17) is 11.6 Å². The summed E-state index contributed by atoms with van der Waals surface area (Å²) < 4.78 is 68.3. The van der Waals surface area contributed by atoms with Crippen LogP contribution in [-0.4, -0.2) is 56.8 Å². The molecule has 0 bridgehead atoms. The van der Waals surface area contributed by atoms with Crippen molar-refractivity contribution in [2.75, 3.05) is 11.4 Å². The predicted octanol–water partition coefficient (Wildman–Crippen LogP) is 2.89. The Bertz CT molecular complexity index is 1390. The highest BCUT2D eigenvalue weighted by molar-refractivity contribution is 6.32. The SMILES string of the molecule is C[C@H](NC(=O)c1cn(-c2c(F)cc(F)cc2Cl)c2nc(N3C[C@@H](O)CC3O)ccc2c1=O)C(F)(F)F. The van der Waals surface area contributed by atoms with Crippen molar-refractivity contribution in [3.63, 3.8) is 0 Å². The zero-order valence-corrected chi connectivity index (χ0v) is 19.1. The van der Waals surface area contributed by atoms with Gasteiger partial charge in [-0.05, 0) is 25.1 Å². The fraction of sp³-hybridized carbons (Fsp3) is 0.318. The number of aromatic nitrogens is 2. The van der Waals surface area contributed by atoms with Crippen LogP contribution in [0.1, 0.15) is 23.7 Å². The number of hydrogen-bond donors (Lipinski definition) is 3. The van der Waals surface area contributed by atoms with Crippen LogP contribution in [0.3, 0.4) is 0 Å². The van der Waals surface area contributed by atoms with Crippen molar-refractivity contribution in [1.82, 2.24) is 14.9 Å². The van der Waals surface area contributed by atoms with E-state index in [0.717, 1.165) is 16.8 Å². The summed E-state index contributed by atoms with van der Waals surface area (Å²) >= 11 is 6.06. The molecule has 0 aliphatic carbocycles. The second kappa shape index (κ2) is 9.30. The lowest BCUT2D eigenvalue weighted by atomic mass is 10.1. The van der Waals surface area contributed by atoms with Gasteiger partial charge in [0.25, 0.3) is 5.91 Å². The largest absolute Gasteiger partial charge is 0.408 e. The first-order chi connectivity index (χ1) is 16.8. The Morgan fingerprint density at radius 1 is 1.25 bits per heavy atom. The van der Waals surface area contributed by atoms with E-state index in [0.29, 0.717) is 13.0 Å². The van der Waals surface area contributed by atoms with Crippen molar-refractivity contribution >= 4 is 34.4 Å². The quantitative estimate of drug-likeness (QED) is 0.446. The smallest absolute Gasteiger partial charge is 0.391 e. The normalized spacial score (nSPS) is 19.1. The molecule has 1 aliphatic rings. The van der Waals surface area contributed by atoms with Crippen LogP contribution in [0.25, 0.3) is 16.7 Å². The lowest BCUT2D eigenvalue weighted by molar-refractivity contribution is -0.149. The van der Waals surface area contributed by atoms with Crippen molar-refractivity contribution in [3.8, 4) is 5.69 Å². The number of aliphatic hydroxyl groups is 2. The molecule has 2 aromatic heterocycles. The molecule has 192 valence electrons. The maximum atomic E-state index is 14.9. The molecule has 0 radical (unpaired) electrons. The molecule has 3 aromatic rings. The number of nitrogens with zero attached hydrogens (tertiary/aromatic N) is 3. The van der Waals surface area contributed by atoms with Crippen LogP contribution >= 0.6 is 11.6 Å². The molecule has 1 aliphatic heterocycles. The Morgan fingerprint density at radius 2 is 1.94 bits per heavy atom. The number of aliphatic hydroxyl groups excluding tert-OH is 2. The number of halogens is 6. The van der Waals surface area contributed by atoms with Gasteiger partial charge in [-0.3, -0.25) is 14.2 Å². The summed E-state index contributed by atoms with van der Waals surface area (Å²) in [5.41, 5.74) is -2.58. The molecule has 1 saturated heterocycles. The van der Waals surface area contributed by atoms with E-state index in [2.05, 4.69) is 4.98 Å². The van der Waals surface area contributed by atoms with Crippen LogP contribution < -0.4 is 15.6 Å². The van der Waals surface area contributed by atoms with Crippen molar-refractivity contribution < 1.29 is 37.0 Å². The lowest BCUT2D eigenvalue weighted by Gasteiger charge is -2.22. The van der Waals surface area contributed by atoms with Gasteiger partial charge in [-0.2, -0.15) is 13.2 Å². The summed E-state index contributed by atoms with van der Waals surface area (Å²) in [7, 11) is 0. The molecule has 4 rings (SSSR count). The van der Waals surface area contributed by atoms with Crippen LogP contribution in [0.2, 0.25) is 5.02 Å². The summed E-state index contributed by atoms with van der Waals surface area (Å²) in [5.74, 6) is -3.54. The van der Waals surface area contributed by atoms with Crippen LogP contribution in [0.4, 0.5) is 27.8 Å². The van der Waals surface area contributed by atoms with E-state index < -0.39 is 63.8 Å². The van der Waals surface area contributed by atoms with Crippen LogP contribution in [0, 0.1) is 11.6 Å². The molecule has 1 unspecified atom stereocenters. The Hall–Kier alpha value is -3.29. The van der Waals surface area contributed by atoms with Crippen molar-refractivity contribution in [2.45, 2.75) is 37.9 Å². The number of anilines is 1. The molecule has 0 spiro atoms. The molecule has 3 atom stereocenters. The number of alkyl halides is 3. The van der Waals surface area contributed by atoms with Gasteiger partial charge < -0.3 is 20.4 Å². The molecule has 0 saturated carbocycles. The zero-order chi connectivity index (χ0) is 26.5. The number of amides is 1. The van der Waals surface area contributed by atoms with Crippen molar-refractivity contribution in [1.29, 1.82) is 0 Å². The van der Waals surface area contributed by atoms with E-state index in [1.54, 1.807) is 5.32 Å². The third kappa shape index (κ3) is 4.73. The molecular formula is C22H18ClF5N4O4. The molecule has 8 nitrogen and oxygen atoms in total. The number of β-amino-alcohol motifs (C(OH)–C–C–N with tert-alkyl or cyclic N) is 1. The number of nitrogens with one attached hydrogen (secondary N) is 1. The minimum Gasteiger partial charge on any atom is -0.391 e. The molecule has 1 fully saturated rings. The number of fused-ring (bicyclic) bond motifs is 1. The maximum Gasteiger partial charge on any atom is 0.408 e. The summed E-state index contributed by atoms with van der Waals surface area (Å²) in [6, 6.07) is 1.43. The highest BCUT2D eigenvalue weighted by Crippen LogP contribution is 2.30. The fourth-order valence-corrected chi connectivity index (χ4v) is 4.13. The molecule has 1 amide bonds. The molecular weight excluding hydrogens is 515 g/mol. The number of carbonyl (C=O) groups excluding carboxylic acids is 1. The third-order valence-electron chi connectivity index (χ3n) is 5.69. The Morgan fingerprint density at radius 3 is 2.53 bits per heavy atom. The number of hydrogen-bond acceptors (Lipinski definition) is 6. The topological polar surface area (TPSA) is 108 Å². The first-order valence-electron chi connectivity index (χ1n) is 10.5. The van der Waals surface area contributed by atoms with Crippen LogP contribution in [0.5, 0.6) is 0 Å². The highest BCUT2D eigenvalue weighted by Gasteiger charge is 2.38. The van der Waals surface area contributed by atoms with Crippen molar-refractivity contribution in [2.24, 2.45) is 0 Å². The van der Waals surface area contributed by atoms with Gasteiger partial charge >= 0.3 is 6.18 Å². The van der Waals surface area contributed by atoms with E-state index in [1.807, 2.05) is 0 Å². The second-order valence-corrected chi connectivity index (χ2v) is 8.67. The van der Waals surface area contributed by atoms with Gasteiger partial charge in [0, 0.05) is 25.2 Å². The van der Waals surface area contributed by atoms with Gasteiger partial charge in [0.15, 0.2) is 11.5 Å². The molecule has 3 heterocycles. The predicted molar refractivity (Wildman–Crippen MR) is 119 cm³/mol. The van der Waals surface area contributed by atoms with E-state index in [-0.39, 0.29) is 29.8 Å². The zero-order valence-electron chi connectivity index (χ0n) is 18.4. The molecule has 1 aromatic carbocycles. The average molecular weight is 533 g/mol. The molecule has 36 heavy (non-hydrogen) atoms. The summed E-state index contributed by atoms with van der Waals surface area (Å²) in [5, 5.41) is 20.9. The summed E-state index contributed by atoms with van der Waals surface area (Å²) in [6.45, 7) is 0.670. The number of pyridine rings is 2. The third-order valence-corrected chi connectivity index (χ3v) is 5.97. The number of benzene rings is 1. The minimum absolute atomic E-state index is 0.00854. The Labute approximate surface area is 204 Å². The van der Waals surface area contributed by atoms with Gasteiger partial charge in [-0.25, -0.2) is 13.8 Å². The average Bonchev–Trinajstić information content (AvgIpc) is 3.11. The monoisotopic (exact) mass is 532 g/mol. The summed E-state index contributed by atoms with van der Waals surface area (Å²) in [6.07, 6.45) is -6.01. The standard InChI is InChI=1S/C22H18ClF5N4O4/c1-9(22(26,27)28)29-21(36)13-8-32(18-14(23)4-10(24)5-15(18)25)20-12(19(13)35)2-3-16(30-20)31-7-11(33)6-17(31)34/h2-5,8-9,11,17,33-34H,6-7H2,1H3,(H,29,36)/t9-,11-,17?/m0/s1. The minimum atomic E-state index is -4.80. The van der Waals surface area contributed by atoms with Gasteiger partial charge in [-0.1, -0.05) is 11.6 Å². The maximum absolute atomic E-state index is 14.9. The molecule has 3 N–H and O–H groups in total. The first-order valence-corrected chi connectivity index (χ1v) is 10.9. The van der Waals surface area contributed by atoms with Gasteiger partial charge in [0.05, 0.1) is 16.5 Å². The van der Waals surface area contributed by atoms with Crippen molar-refractivity contribution in [3.05, 3.63) is 62.9 Å². The number of carbonyl (C=O) groups is 1. The van der Waals surface area contributed by atoms with Crippen LogP contribution in [0.15, 0.2) is 35.3 Å². The second-order valence-electron chi connectivity index (χ2n) is 8.26. The molecule has 14 heteroatoms. The van der Waals surface area contributed by atoms with E-state index in [1.165, 1.54) is 17.0 Å². The first kappa shape index (κ1) is 25.8. The van der Waals surface area contributed by atoms with Gasteiger partial charge in [0.2, 0.25) is 5.43 Å². The van der Waals surface area contributed by atoms with E-state index >= 15 is 0 Å². The lowest BCUT2D eigenvalue weighted by Crippen LogP contribution is -2.44. The highest BCUT2D eigenvalue weighted by atomic mass is 35.5. The van der Waals surface area contributed by atoms with E-state index in [9.17, 15) is 41.8 Å². The Balaban J connectivity index is 1.96. The number of rotatable bonds is 4.